The molecule has 0 saturated heterocycles. The second kappa shape index (κ2) is 5.09. The molecule has 2 rings (SSSR count). The predicted molar refractivity (Wildman–Crippen MR) is 68.5 cm³/mol. The number of halogens is 2. The summed E-state index contributed by atoms with van der Waals surface area (Å²) in [5.41, 5.74) is 2.16. The first-order chi connectivity index (χ1) is 7.70. The Morgan fingerprint density at radius 1 is 1.38 bits per heavy atom. The van der Waals surface area contributed by atoms with Crippen LogP contribution in [-0.4, -0.2) is 19.7 Å². The lowest BCUT2D eigenvalue weighted by atomic mass is 10.1. The van der Waals surface area contributed by atoms with Crippen LogP contribution in [0.15, 0.2) is 17.7 Å². The zero-order chi connectivity index (χ0) is 11.5. The Kier molecular flexibility index (Phi) is 3.74. The molecule has 0 unspecified atom stereocenters. The molecule has 16 heavy (non-hydrogen) atoms. The topological polar surface area (TPSA) is 21.3 Å². The van der Waals surface area contributed by atoms with Gasteiger partial charge in [0.2, 0.25) is 0 Å². The van der Waals surface area contributed by atoms with Gasteiger partial charge < -0.3 is 10.1 Å². The molecule has 0 amide bonds. The first kappa shape index (κ1) is 11.8. The largest absolute Gasteiger partial charge is 0.487 e. The molecule has 0 spiro atoms. The van der Waals surface area contributed by atoms with Crippen LogP contribution in [0.4, 0.5) is 0 Å². The smallest absolute Gasteiger partial charge is 0.145 e. The van der Waals surface area contributed by atoms with Gasteiger partial charge in [-0.3, -0.25) is 0 Å². The van der Waals surface area contributed by atoms with Gasteiger partial charge in [0.25, 0.3) is 0 Å². The third-order valence-corrected chi connectivity index (χ3v) is 2.90. The van der Waals surface area contributed by atoms with Crippen molar-refractivity contribution in [2.45, 2.75) is 6.92 Å². The van der Waals surface area contributed by atoms with E-state index < -0.39 is 0 Å². The highest BCUT2D eigenvalue weighted by Crippen LogP contribution is 2.36. The van der Waals surface area contributed by atoms with Crippen molar-refractivity contribution in [3.63, 3.8) is 0 Å². The van der Waals surface area contributed by atoms with Crippen LogP contribution < -0.4 is 10.1 Å². The Morgan fingerprint density at radius 2 is 2.19 bits per heavy atom. The number of nitrogens with one attached hydrogen (secondary N) is 1. The zero-order valence-electron chi connectivity index (χ0n) is 9.02. The first-order valence-corrected chi connectivity index (χ1v) is 5.98. The van der Waals surface area contributed by atoms with Crippen molar-refractivity contribution < 1.29 is 4.74 Å². The Hall–Kier alpha value is -0.700. The monoisotopic (exact) mass is 257 g/mol. The Morgan fingerprint density at radius 3 is 2.94 bits per heavy atom. The summed E-state index contributed by atoms with van der Waals surface area (Å²) in [4.78, 5) is 0. The minimum Gasteiger partial charge on any atom is -0.487 e. The highest BCUT2D eigenvalue weighted by molar-refractivity contribution is 6.36. The lowest BCUT2D eigenvalue weighted by Gasteiger charge is -2.19. The molecule has 1 aromatic rings. The summed E-state index contributed by atoms with van der Waals surface area (Å²) in [6.07, 6.45) is 2.08. The molecular formula is C12H13Cl2NO. The van der Waals surface area contributed by atoms with E-state index in [2.05, 4.69) is 18.3 Å². The van der Waals surface area contributed by atoms with Gasteiger partial charge in [-0.2, -0.15) is 0 Å². The minimum absolute atomic E-state index is 0.571. The SMILES string of the molecule is CCNCC1=Cc2cc(Cl)cc(Cl)c2OC1. The molecule has 0 bridgehead atoms. The lowest BCUT2D eigenvalue weighted by Crippen LogP contribution is -2.21. The summed E-state index contributed by atoms with van der Waals surface area (Å²) in [5, 5.41) is 4.47. The van der Waals surface area contributed by atoms with E-state index in [0.29, 0.717) is 16.7 Å². The molecule has 0 aliphatic carbocycles. The second-order valence-electron chi connectivity index (χ2n) is 3.68. The van der Waals surface area contributed by atoms with Crippen molar-refractivity contribution in [1.29, 1.82) is 0 Å². The van der Waals surface area contributed by atoms with Crippen molar-refractivity contribution in [1.82, 2.24) is 5.32 Å². The second-order valence-corrected chi connectivity index (χ2v) is 4.52. The molecule has 0 aromatic heterocycles. The van der Waals surface area contributed by atoms with Gasteiger partial charge in [-0.15, -0.1) is 0 Å². The highest BCUT2D eigenvalue weighted by atomic mass is 35.5. The minimum atomic E-state index is 0.571. The fourth-order valence-electron chi connectivity index (χ4n) is 1.65. The van der Waals surface area contributed by atoms with Crippen molar-refractivity contribution in [3.8, 4) is 5.75 Å². The van der Waals surface area contributed by atoms with Gasteiger partial charge >= 0.3 is 0 Å². The van der Waals surface area contributed by atoms with Crippen LogP contribution in [0.3, 0.4) is 0 Å². The molecule has 0 radical (unpaired) electrons. The molecule has 86 valence electrons. The Bertz CT molecular complexity index is 429. The summed E-state index contributed by atoms with van der Waals surface area (Å²) in [6.45, 7) is 4.44. The quantitative estimate of drug-likeness (QED) is 0.897. The van der Waals surface area contributed by atoms with Crippen molar-refractivity contribution in [3.05, 3.63) is 33.3 Å². The summed E-state index contributed by atoms with van der Waals surface area (Å²) in [5.74, 6) is 0.728. The van der Waals surface area contributed by atoms with Crippen molar-refractivity contribution in [2.75, 3.05) is 19.7 Å². The molecular weight excluding hydrogens is 245 g/mol. The average molecular weight is 258 g/mol. The number of hydrogen-bond acceptors (Lipinski definition) is 2. The van der Waals surface area contributed by atoms with E-state index in [0.717, 1.165) is 24.4 Å². The van der Waals surface area contributed by atoms with Gasteiger partial charge in [0, 0.05) is 17.1 Å². The van der Waals surface area contributed by atoms with Gasteiger partial charge in [0.15, 0.2) is 0 Å². The van der Waals surface area contributed by atoms with Crippen LogP contribution in [0, 0.1) is 0 Å². The zero-order valence-corrected chi connectivity index (χ0v) is 10.5. The van der Waals surface area contributed by atoms with Crippen LogP contribution in [0.1, 0.15) is 12.5 Å². The van der Waals surface area contributed by atoms with E-state index in [4.69, 9.17) is 27.9 Å². The molecule has 1 aromatic carbocycles. The molecule has 2 nitrogen and oxygen atoms in total. The van der Waals surface area contributed by atoms with Crippen molar-refractivity contribution >= 4 is 29.3 Å². The van der Waals surface area contributed by atoms with E-state index >= 15 is 0 Å². The normalized spacial score (nSPS) is 14.1. The number of likely N-dealkylation sites (N-methyl/N-ethyl adjacent to an activating group) is 1. The van der Waals surface area contributed by atoms with Crippen LogP contribution in [0.2, 0.25) is 10.0 Å². The number of hydrogen-bond donors (Lipinski definition) is 1. The van der Waals surface area contributed by atoms with Gasteiger partial charge in [0.05, 0.1) is 5.02 Å². The molecule has 4 heteroatoms. The predicted octanol–water partition coefficient (Wildman–Crippen LogP) is 3.38. The summed E-state index contributed by atoms with van der Waals surface area (Å²) < 4.78 is 5.62. The number of fused-ring (bicyclic) bond motifs is 1. The molecule has 1 aliphatic rings. The average Bonchev–Trinajstić information content (AvgIpc) is 2.25. The van der Waals surface area contributed by atoms with E-state index in [1.165, 1.54) is 5.57 Å². The van der Waals surface area contributed by atoms with Gasteiger partial charge in [-0.05, 0) is 30.3 Å². The van der Waals surface area contributed by atoms with Gasteiger partial charge in [-0.1, -0.05) is 30.1 Å². The summed E-state index contributed by atoms with van der Waals surface area (Å²) >= 11 is 12.0. The molecule has 0 fully saturated rings. The highest BCUT2D eigenvalue weighted by Gasteiger charge is 2.15. The first-order valence-electron chi connectivity index (χ1n) is 5.22. The van der Waals surface area contributed by atoms with Gasteiger partial charge in [0.1, 0.15) is 12.4 Å². The molecule has 1 N–H and O–H groups in total. The fourth-order valence-corrected chi connectivity index (χ4v) is 2.22. The van der Waals surface area contributed by atoms with E-state index in [1.54, 1.807) is 6.07 Å². The maximum atomic E-state index is 6.05. The Balaban J connectivity index is 2.28. The van der Waals surface area contributed by atoms with Gasteiger partial charge in [-0.25, -0.2) is 0 Å². The van der Waals surface area contributed by atoms with Crippen LogP contribution in [-0.2, 0) is 0 Å². The molecule has 0 atom stereocenters. The third kappa shape index (κ3) is 2.51. The number of benzene rings is 1. The number of rotatable bonds is 3. The molecule has 0 saturated carbocycles. The molecule has 1 aliphatic heterocycles. The van der Waals surface area contributed by atoms with Crippen LogP contribution in [0.5, 0.6) is 5.75 Å². The fraction of sp³-hybridized carbons (Fsp3) is 0.333. The van der Waals surface area contributed by atoms with Crippen LogP contribution in [0.25, 0.3) is 6.08 Å². The third-order valence-electron chi connectivity index (χ3n) is 2.40. The Labute approximate surface area is 105 Å². The number of ether oxygens (including phenoxy) is 1. The van der Waals surface area contributed by atoms with E-state index in [1.807, 2.05) is 6.07 Å². The van der Waals surface area contributed by atoms with Crippen molar-refractivity contribution in [2.24, 2.45) is 0 Å². The lowest BCUT2D eigenvalue weighted by molar-refractivity contribution is 0.343. The van der Waals surface area contributed by atoms with E-state index in [9.17, 15) is 0 Å². The standard InChI is InChI=1S/C12H13Cl2NO/c1-2-15-6-8-3-9-4-10(13)5-11(14)12(9)16-7-8/h3-5,15H,2,6-7H2,1H3. The summed E-state index contributed by atoms with van der Waals surface area (Å²) in [7, 11) is 0. The maximum absolute atomic E-state index is 6.05. The molecule has 1 heterocycles. The maximum Gasteiger partial charge on any atom is 0.145 e. The van der Waals surface area contributed by atoms with E-state index in [-0.39, 0.29) is 0 Å². The summed E-state index contributed by atoms with van der Waals surface area (Å²) in [6, 6.07) is 3.57. The van der Waals surface area contributed by atoms with Crippen LogP contribution >= 0.6 is 23.2 Å².